The van der Waals surface area contributed by atoms with Crippen LogP contribution in [0.25, 0.3) is 0 Å². The molecule has 0 amide bonds. The van der Waals surface area contributed by atoms with E-state index in [-0.39, 0.29) is 12.0 Å². The van der Waals surface area contributed by atoms with Crippen LogP contribution in [0.15, 0.2) is 0 Å². The maximum absolute atomic E-state index is 11.6. The van der Waals surface area contributed by atoms with Crippen LogP contribution in [0.2, 0.25) is 0 Å². The third kappa shape index (κ3) is 10.3. The number of hydrogen-bond donors (Lipinski definition) is 1. The smallest absolute Gasteiger partial charge is 0.323 e. The van der Waals surface area contributed by atoms with Gasteiger partial charge in [-0.25, -0.2) is 0 Å². The molecule has 0 heterocycles. The number of esters is 1. The predicted molar refractivity (Wildman–Crippen MR) is 69.0 cm³/mol. The Hall–Kier alpha value is -0.610. The van der Waals surface area contributed by atoms with Crippen LogP contribution in [0.1, 0.15) is 47.5 Å². The molecule has 0 radical (unpaired) electrons. The lowest BCUT2D eigenvalue weighted by Crippen LogP contribution is -2.39. The van der Waals surface area contributed by atoms with Crippen molar-refractivity contribution in [2.75, 3.05) is 19.8 Å². The second-order valence-corrected chi connectivity index (χ2v) is 5.18. The van der Waals surface area contributed by atoms with E-state index in [9.17, 15) is 4.79 Å². The van der Waals surface area contributed by atoms with Crippen LogP contribution in [0, 0.1) is 0 Å². The molecular formula is C13H27NO3. The van der Waals surface area contributed by atoms with Gasteiger partial charge in [0.05, 0.1) is 0 Å². The molecule has 0 aromatic heterocycles. The molecule has 0 rings (SSSR count). The highest BCUT2D eigenvalue weighted by atomic mass is 16.6. The van der Waals surface area contributed by atoms with Crippen molar-refractivity contribution in [3.05, 3.63) is 0 Å². The number of ether oxygens (including phenoxy) is 2. The average Bonchev–Trinajstić information content (AvgIpc) is 2.20. The first-order valence-electron chi connectivity index (χ1n) is 6.41. The molecule has 0 aromatic carbocycles. The highest BCUT2D eigenvalue weighted by Gasteiger charge is 2.20. The van der Waals surface area contributed by atoms with E-state index in [0.717, 1.165) is 32.6 Å². The molecule has 102 valence electrons. The van der Waals surface area contributed by atoms with Gasteiger partial charge in [0.15, 0.2) is 0 Å². The monoisotopic (exact) mass is 245 g/mol. The summed E-state index contributed by atoms with van der Waals surface area (Å²) in [5.74, 6) is -0.202. The number of hydrogen-bond acceptors (Lipinski definition) is 4. The summed E-state index contributed by atoms with van der Waals surface area (Å²) < 4.78 is 10.6. The van der Waals surface area contributed by atoms with Crippen LogP contribution in [-0.2, 0) is 14.3 Å². The summed E-state index contributed by atoms with van der Waals surface area (Å²) >= 11 is 0. The zero-order valence-electron chi connectivity index (χ0n) is 11.8. The maximum atomic E-state index is 11.6. The summed E-state index contributed by atoms with van der Waals surface area (Å²) in [6.45, 7) is 11.8. The molecule has 0 aliphatic rings. The summed E-state index contributed by atoms with van der Waals surface area (Å²) in [7, 11) is 0. The SMILES string of the molecule is CCCOCCCNC(C)C(=O)OC(C)(C)C. The Morgan fingerprint density at radius 3 is 2.47 bits per heavy atom. The highest BCUT2D eigenvalue weighted by molar-refractivity contribution is 5.75. The molecule has 1 unspecified atom stereocenters. The van der Waals surface area contributed by atoms with Crippen molar-refractivity contribution in [3.63, 3.8) is 0 Å². The minimum absolute atomic E-state index is 0.202. The van der Waals surface area contributed by atoms with Crippen LogP contribution < -0.4 is 5.32 Å². The van der Waals surface area contributed by atoms with Gasteiger partial charge >= 0.3 is 5.97 Å². The molecule has 0 saturated carbocycles. The van der Waals surface area contributed by atoms with E-state index in [4.69, 9.17) is 9.47 Å². The Balaban J connectivity index is 3.58. The Morgan fingerprint density at radius 1 is 1.29 bits per heavy atom. The zero-order valence-corrected chi connectivity index (χ0v) is 11.8. The van der Waals surface area contributed by atoms with Crippen molar-refractivity contribution in [3.8, 4) is 0 Å². The van der Waals surface area contributed by atoms with Gasteiger partial charge in [-0.2, -0.15) is 0 Å². The summed E-state index contributed by atoms with van der Waals surface area (Å²) in [4.78, 5) is 11.6. The molecule has 0 spiro atoms. The number of rotatable bonds is 8. The van der Waals surface area contributed by atoms with Gasteiger partial charge in [0.2, 0.25) is 0 Å². The quantitative estimate of drug-likeness (QED) is 0.525. The van der Waals surface area contributed by atoms with Gasteiger partial charge in [-0.15, -0.1) is 0 Å². The molecule has 0 fully saturated rings. The van der Waals surface area contributed by atoms with Crippen LogP contribution in [0.4, 0.5) is 0 Å². The van der Waals surface area contributed by atoms with E-state index in [1.54, 1.807) is 0 Å². The molecule has 0 aliphatic carbocycles. The largest absolute Gasteiger partial charge is 0.459 e. The van der Waals surface area contributed by atoms with Gasteiger partial charge < -0.3 is 14.8 Å². The van der Waals surface area contributed by atoms with E-state index in [2.05, 4.69) is 12.2 Å². The van der Waals surface area contributed by atoms with Crippen LogP contribution in [-0.4, -0.2) is 37.4 Å². The van der Waals surface area contributed by atoms with Crippen LogP contribution in [0.5, 0.6) is 0 Å². The van der Waals surface area contributed by atoms with Gasteiger partial charge in [-0.1, -0.05) is 6.92 Å². The number of carbonyl (C=O) groups is 1. The Kier molecular flexibility index (Phi) is 8.17. The topological polar surface area (TPSA) is 47.6 Å². The molecule has 0 aliphatic heterocycles. The van der Waals surface area contributed by atoms with Crippen molar-refractivity contribution < 1.29 is 14.3 Å². The van der Waals surface area contributed by atoms with Gasteiger partial charge in [0.25, 0.3) is 0 Å². The summed E-state index contributed by atoms with van der Waals surface area (Å²) in [6, 6.07) is -0.264. The Morgan fingerprint density at radius 2 is 1.94 bits per heavy atom. The first-order valence-corrected chi connectivity index (χ1v) is 6.41. The van der Waals surface area contributed by atoms with Crippen molar-refractivity contribution in [2.24, 2.45) is 0 Å². The second-order valence-electron chi connectivity index (χ2n) is 5.18. The van der Waals surface area contributed by atoms with Gasteiger partial charge in [-0.3, -0.25) is 4.79 Å². The van der Waals surface area contributed by atoms with Gasteiger partial charge in [0, 0.05) is 13.2 Å². The molecule has 0 aromatic rings. The van der Waals surface area contributed by atoms with Crippen molar-refractivity contribution >= 4 is 5.97 Å². The number of nitrogens with one attached hydrogen (secondary N) is 1. The van der Waals surface area contributed by atoms with Crippen molar-refractivity contribution in [1.29, 1.82) is 0 Å². The van der Waals surface area contributed by atoms with E-state index in [1.807, 2.05) is 27.7 Å². The van der Waals surface area contributed by atoms with Crippen molar-refractivity contribution in [2.45, 2.75) is 59.1 Å². The first-order chi connectivity index (χ1) is 7.87. The summed E-state index contributed by atoms with van der Waals surface area (Å²) in [6.07, 6.45) is 1.95. The van der Waals surface area contributed by atoms with E-state index < -0.39 is 5.60 Å². The fourth-order valence-corrected chi connectivity index (χ4v) is 1.21. The summed E-state index contributed by atoms with van der Waals surface area (Å²) in [5, 5.41) is 3.13. The molecule has 1 atom stereocenters. The van der Waals surface area contributed by atoms with E-state index in [1.165, 1.54) is 0 Å². The fraction of sp³-hybridized carbons (Fsp3) is 0.923. The fourth-order valence-electron chi connectivity index (χ4n) is 1.21. The normalized spacial score (nSPS) is 13.5. The molecule has 4 heteroatoms. The van der Waals surface area contributed by atoms with E-state index in [0.29, 0.717) is 0 Å². The third-order valence-electron chi connectivity index (χ3n) is 2.02. The predicted octanol–water partition coefficient (Wildman–Crippen LogP) is 2.12. The third-order valence-corrected chi connectivity index (χ3v) is 2.02. The maximum Gasteiger partial charge on any atom is 0.323 e. The zero-order chi connectivity index (χ0) is 13.3. The molecule has 17 heavy (non-hydrogen) atoms. The van der Waals surface area contributed by atoms with Crippen LogP contribution >= 0.6 is 0 Å². The number of carbonyl (C=O) groups excluding carboxylic acids is 1. The lowest BCUT2D eigenvalue weighted by molar-refractivity contribution is -0.156. The molecule has 0 bridgehead atoms. The lowest BCUT2D eigenvalue weighted by atomic mass is 10.2. The van der Waals surface area contributed by atoms with Crippen molar-refractivity contribution in [1.82, 2.24) is 5.32 Å². The molecule has 4 nitrogen and oxygen atoms in total. The standard InChI is InChI=1S/C13H27NO3/c1-6-9-16-10-7-8-14-11(2)12(15)17-13(3,4)5/h11,14H,6-10H2,1-5H3. The van der Waals surface area contributed by atoms with Crippen LogP contribution in [0.3, 0.4) is 0 Å². The Bertz CT molecular complexity index is 211. The first kappa shape index (κ1) is 16.4. The average molecular weight is 245 g/mol. The molecule has 0 saturated heterocycles. The minimum atomic E-state index is -0.419. The van der Waals surface area contributed by atoms with Gasteiger partial charge in [-0.05, 0) is 47.1 Å². The second kappa shape index (κ2) is 8.48. The summed E-state index contributed by atoms with van der Waals surface area (Å²) in [5.41, 5.74) is -0.419. The van der Waals surface area contributed by atoms with Gasteiger partial charge in [0.1, 0.15) is 11.6 Å². The highest BCUT2D eigenvalue weighted by Crippen LogP contribution is 2.08. The minimum Gasteiger partial charge on any atom is -0.459 e. The Labute approximate surface area is 105 Å². The van der Waals surface area contributed by atoms with E-state index >= 15 is 0 Å². The molecule has 1 N–H and O–H groups in total. The molecular weight excluding hydrogens is 218 g/mol. The lowest BCUT2D eigenvalue weighted by Gasteiger charge is -2.22.